The summed E-state index contributed by atoms with van der Waals surface area (Å²) in [6.07, 6.45) is 0. The van der Waals surface area contributed by atoms with E-state index in [-0.39, 0.29) is 12.5 Å². The van der Waals surface area contributed by atoms with Crippen molar-refractivity contribution >= 4 is 71.4 Å². The summed E-state index contributed by atoms with van der Waals surface area (Å²) in [7, 11) is 3.10. The maximum absolute atomic E-state index is 12.7. The Kier molecular flexibility index (Phi) is 7.56. The molecular weight excluding hydrogens is 558 g/mol. The van der Waals surface area contributed by atoms with Crippen LogP contribution in [0.4, 0.5) is 5.00 Å². The molecular formula is C20H17Br2NO5S2. The van der Waals surface area contributed by atoms with E-state index in [0.29, 0.717) is 32.5 Å². The standard InChI is InChI=1S/C20H17Br2NO5S2/c1-4-28-20(25)16-11(10-5-6-13(26-2)14(7-10)27-3)9-29-19(16)23-18(24)15-8-12(21)17(22)30-15/h5-9H,4H2,1-3H3,(H,23,24). The fourth-order valence-corrected chi connectivity index (χ4v) is 5.58. The fraction of sp³-hybridized carbons (Fsp3) is 0.200. The first kappa shape index (κ1) is 22.8. The number of benzene rings is 1. The van der Waals surface area contributed by atoms with Crippen LogP contribution in [0.5, 0.6) is 11.5 Å². The van der Waals surface area contributed by atoms with Gasteiger partial charge >= 0.3 is 5.97 Å². The SMILES string of the molecule is CCOC(=O)c1c(-c2ccc(OC)c(OC)c2)csc1NC(=O)c1cc(Br)c(Br)s1. The third-order valence-electron chi connectivity index (χ3n) is 4.06. The van der Waals surface area contributed by atoms with E-state index in [4.69, 9.17) is 14.2 Å². The number of ether oxygens (including phenoxy) is 3. The smallest absolute Gasteiger partial charge is 0.341 e. The number of anilines is 1. The van der Waals surface area contributed by atoms with Gasteiger partial charge in [0.1, 0.15) is 10.6 Å². The van der Waals surface area contributed by atoms with Crippen molar-refractivity contribution < 1.29 is 23.8 Å². The van der Waals surface area contributed by atoms with Crippen molar-refractivity contribution in [3.63, 3.8) is 0 Å². The number of nitrogens with one attached hydrogen (secondary N) is 1. The van der Waals surface area contributed by atoms with Crippen LogP contribution < -0.4 is 14.8 Å². The quantitative estimate of drug-likeness (QED) is 0.328. The lowest BCUT2D eigenvalue weighted by Gasteiger charge is -2.11. The average molecular weight is 575 g/mol. The summed E-state index contributed by atoms with van der Waals surface area (Å²) < 4.78 is 17.5. The second-order valence-electron chi connectivity index (χ2n) is 5.83. The van der Waals surface area contributed by atoms with Gasteiger partial charge in [0.05, 0.1) is 29.5 Å². The van der Waals surface area contributed by atoms with Gasteiger partial charge in [0.15, 0.2) is 11.5 Å². The largest absolute Gasteiger partial charge is 0.493 e. The van der Waals surface area contributed by atoms with Gasteiger partial charge in [0, 0.05) is 15.4 Å². The summed E-state index contributed by atoms with van der Waals surface area (Å²) in [4.78, 5) is 26.0. The van der Waals surface area contributed by atoms with E-state index >= 15 is 0 Å². The van der Waals surface area contributed by atoms with Crippen LogP contribution in [0, 0.1) is 0 Å². The maximum Gasteiger partial charge on any atom is 0.341 e. The Bertz CT molecular complexity index is 1070. The second kappa shape index (κ2) is 9.95. The van der Waals surface area contributed by atoms with Crippen LogP contribution in [0.2, 0.25) is 0 Å². The number of carbonyl (C=O) groups excluding carboxylic acids is 2. The van der Waals surface area contributed by atoms with Crippen LogP contribution in [0.25, 0.3) is 11.1 Å². The Balaban J connectivity index is 2.02. The van der Waals surface area contributed by atoms with Gasteiger partial charge in [-0.1, -0.05) is 6.07 Å². The normalized spacial score (nSPS) is 10.6. The number of hydrogen-bond acceptors (Lipinski definition) is 7. The van der Waals surface area contributed by atoms with E-state index < -0.39 is 5.97 Å². The molecule has 6 nitrogen and oxygen atoms in total. The third-order valence-corrected chi connectivity index (χ3v) is 8.21. The highest BCUT2D eigenvalue weighted by Gasteiger charge is 2.24. The predicted octanol–water partition coefficient (Wildman–Crippen LogP) is 6.45. The lowest BCUT2D eigenvalue weighted by Crippen LogP contribution is -2.13. The van der Waals surface area contributed by atoms with Crippen molar-refractivity contribution in [3.8, 4) is 22.6 Å². The van der Waals surface area contributed by atoms with Crippen molar-refractivity contribution in [2.75, 3.05) is 26.1 Å². The molecule has 0 saturated carbocycles. The topological polar surface area (TPSA) is 73.9 Å². The molecule has 3 aromatic rings. The molecule has 0 saturated heterocycles. The van der Waals surface area contributed by atoms with Gasteiger partial charge in [-0.3, -0.25) is 4.79 Å². The fourth-order valence-electron chi connectivity index (χ4n) is 2.70. The number of thiophene rings is 2. The Hall–Kier alpha value is -1.88. The minimum Gasteiger partial charge on any atom is -0.493 e. The van der Waals surface area contributed by atoms with Crippen LogP contribution >= 0.6 is 54.5 Å². The van der Waals surface area contributed by atoms with Crippen LogP contribution in [0.3, 0.4) is 0 Å². The zero-order valence-electron chi connectivity index (χ0n) is 16.2. The first-order chi connectivity index (χ1) is 14.4. The van der Waals surface area contributed by atoms with E-state index in [9.17, 15) is 9.59 Å². The lowest BCUT2D eigenvalue weighted by atomic mass is 10.0. The van der Waals surface area contributed by atoms with Crippen molar-refractivity contribution in [1.29, 1.82) is 0 Å². The molecule has 1 N–H and O–H groups in total. The first-order valence-electron chi connectivity index (χ1n) is 8.66. The molecule has 0 bridgehead atoms. The van der Waals surface area contributed by atoms with Crippen LogP contribution in [-0.4, -0.2) is 32.7 Å². The molecule has 2 heterocycles. The van der Waals surface area contributed by atoms with Crippen LogP contribution in [-0.2, 0) is 4.74 Å². The molecule has 30 heavy (non-hydrogen) atoms. The predicted molar refractivity (Wildman–Crippen MR) is 126 cm³/mol. The van der Waals surface area contributed by atoms with Crippen molar-refractivity contribution in [2.24, 2.45) is 0 Å². The number of methoxy groups -OCH3 is 2. The summed E-state index contributed by atoms with van der Waals surface area (Å²) in [5, 5.41) is 5.07. The molecule has 0 unspecified atom stereocenters. The summed E-state index contributed by atoms with van der Waals surface area (Å²) in [6, 6.07) is 7.09. The molecule has 3 rings (SSSR count). The highest BCUT2D eigenvalue weighted by Crippen LogP contribution is 2.40. The number of esters is 1. The molecule has 0 fully saturated rings. The minimum atomic E-state index is -0.507. The zero-order valence-corrected chi connectivity index (χ0v) is 21.0. The number of amides is 1. The Morgan fingerprint density at radius 1 is 1.10 bits per heavy atom. The molecule has 10 heteroatoms. The van der Waals surface area contributed by atoms with Crippen molar-refractivity contribution in [3.05, 3.63) is 48.3 Å². The van der Waals surface area contributed by atoms with Gasteiger partial charge in [0.25, 0.3) is 5.91 Å². The van der Waals surface area contributed by atoms with Crippen molar-refractivity contribution in [2.45, 2.75) is 6.92 Å². The Morgan fingerprint density at radius 3 is 2.43 bits per heavy atom. The Morgan fingerprint density at radius 2 is 1.83 bits per heavy atom. The van der Waals surface area contributed by atoms with Gasteiger partial charge < -0.3 is 19.5 Å². The number of halogens is 2. The van der Waals surface area contributed by atoms with E-state index in [1.54, 1.807) is 39.3 Å². The average Bonchev–Trinajstić information content (AvgIpc) is 3.30. The zero-order chi connectivity index (χ0) is 21.8. The van der Waals surface area contributed by atoms with Gasteiger partial charge in [-0.05, 0) is 62.5 Å². The summed E-state index contributed by atoms with van der Waals surface area (Å²) in [5.74, 6) is 0.302. The second-order valence-corrected chi connectivity index (χ2v) is 9.93. The van der Waals surface area contributed by atoms with Crippen LogP contribution in [0.1, 0.15) is 27.0 Å². The molecule has 0 radical (unpaired) electrons. The molecule has 0 aliphatic carbocycles. The lowest BCUT2D eigenvalue weighted by molar-refractivity contribution is 0.0529. The van der Waals surface area contributed by atoms with Crippen molar-refractivity contribution in [1.82, 2.24) is 0 Å². The Labute approximate surface area is 198 Å². The molecule has 1 amide bonds. The monoisotopic (exact) mass is 573 g/mol. The summed E-state index contributed by atoms with van der Waals surface area (Å²) >= 11 is 9.32. The van der Waals surface area contributed by atoms with E-state index in [0.717, 1.165) is 13.8 Å². The van der Waals surface area contributed by atoms with Gasteiger partial charge in [-0.15, -0.1) is 22.7 Å². The van der Waals surface area contributed by atoms with Gasteiger partial charge in [0.2, 0.25) is 0 Å². The first-order valence-corrected chi connectivity index (χ1v) is 11.9. The highest BCUT2D eigenvalue weighted by atomic mass is 79.9. The van der Waals surface area contributed by atoms with Crippen LogP contribution in [0.15, 0.2) is 37.9 Å². The summed E-state index contributed by atoms with van der Waals surface area (Å²) in [5.41, 5.74) is 1.69. The van der Waals surface area contributed by atoms with E-state index in [2.05, 4.69) is 37.2 Å². The van der Waals surface area contributed by atoms with E-state index in [1.165, 1.54) is 22.7 Å². The number of hydrogen-bond donors (Lipinski definition) is 1. The maximum atomic E-state index is 12.7. The third kappa shape index (κ3) is 4.72. The number of carbonyl (C=O) groups is 2. The molecule has 0 aliphatic heterocycles. The summed E-state index contributed by atoms with van der Waals surface area (Å²) in [6.45, 7) is 1.96. The van der Waals surface area contributed by atoms with Gasteiger partial charge in [-0.25, -0.2) is 4.79 Å². The highest BCUT2D eigenvalue weighted by molar-refractivity contribution is 9.13. The number of rotatable bonds is 7. The molecule has 1 aromatic carbocycles. The molecule has 158 valence electrons. The van der Waals surface area contributed by atoms with Gasteiger partial charge in [-0.2, -0.15) is 0 Å². The minimum absolute atomic E-state index is 0.220. The molecule has 0 spiro atoms. The molecule has 0 aliphatic rings. The van der Waals surface area contributed by atoms with E-state index in [1.807, 2.05) is 11.4 Å². The molecule has 0 atom stereocenters. The molecule has 2 aromatic heterocycles.